The maximum atomic E-state index is 11.2. The van der Waals surface area contributed by atoms with E-state index < -0.39 is 12.0 Å². The summed E-state index contributed by atoms with van der Waals surface area (Å²) in [6.45, 7) is 0. The predicted molar refractivity (Wildman–Crippen MR) is 80.1 cm³/mol. The Morgan fingerprint density at radius 3 is 2.85 bits per heavy atom. The minimum absolute atomic E-state index is 0.145. The van der Waals surface area contributed by atoms with Crippen molar-refractivity contribution in [1.82, 2.24) is 5.32 Å². The molecule has 0 radical (unpaired) electrons. The maximum Gasteiger partial charge on any atom is 0.321 e. The fraction of sp³-hybridized carbons (Fsp3) is 0.312. The van der Waals surface area contributed by atoms with Crippen molar-refractivity contribution in [3.63, 3.8) is 0 Å². The summed E-state index contributed by atoms with van der Waals surface area (Å²) >= 11 is 1.67. The highest BCUT2D eigenvalue weighted by Gasteiger charge is 2.30. The van der Waals surface area contributed by atoms with Crippen LogP contribution in [0, 0.1) is 0 Å². The van der Waals surface area contributed by atoms with Gasteiger partial charge in [0.2, 0.25) is 0 Å². The quantitative estimate of drug-likeness (QED) is 0.909. The molecule has 0 saturated heterocycles. The lowest BCUT2D eigenvalue weighted by atomic mass is 9.93. The van der Waals surface area contributed by atoms with Gasteiger partial charge in [0.05, 0.1) is 0 Å². The van der Waals surface area contributed by atoms with E-state index in [1.54, 1.807) is 11.3 Å². The maximum absolute atomic E-state index is 11.2. The molecule has 2 atom stereocenters. The zero-order valence-electron chi connectivity index (χ0n) is 11.1. The molecule has 0 saturated carbocycles. The number of rotatable bonds is 4. The molecule has 0 fully saturated rings. The number of hydrogen-bond donors (Lipinski definition) is 2. The van der Waals surface area contributed by atoms with Gasteiger partial charge in [-0.25, -0.2) is 0 Å². The molecule has 0 amide bonds. The summed E-state index contributed by atoms with van der Waals surface area (Å²) < 4.78 is 0. The minimum atomic E-state index is -0.756. The van der Waals surface area contributed by atoms with Crippen LogP contribution in [0.4, 0.5) is 0 Å². The number of carboxylic acid groups (broad SMARTS) is 1. The standard InChI is InChI=1S/C16H17NO2S/c18-16(19)14-10-15-12(8-9-20-15)13(17-14)7-6-11-4-2-1-3-5-11/h1-5,8-9,13-14,17H,6-7,10H2,(H,18,19)/t13-,14-/m0/s1. The van der Waals surface area contributed by atoms with E-state index in [-0.39, 0.29) is 6.04 Å². The Balaban J connectivity index is 1.74. The summed E-state index contributed by atoms with van der Waals surface area (Å²) in [5.74, 6) is -0.756. The summed E-state index contributed by atoms with van der Waals surface area (Å²) in [5.41, 5.74) is 2.58. The van der Waals surface area contributed by atoms with Crippen LogP contribution >= 0.6 is 11.3 Å². The monoisotopic (exact) mass is 287 g/mol. The van der Waals surface area contributed by atoms with Crippen molar-refractivity contribution in [3.05, 3.63) is 57.8 Å². The van der Waals surface area contributed by atoms with E-state index in [0.29, 0.717) is 6.42 Å². The zero-order chi connectivity index (χ0) is 13.9. The van der Waals surface area contributed by atoms with Gasteiger partial charge in [-0.2, -0.15) is 0 Å². The van der Waals surface area contributed by atoms with Crippen molar-refractivity contribution >= 4 is 17.3 Å². The van der Waals surface area contributed by atoms with E-state index in [1.165, 1.54) is 16.0 Å². The van der Waals surface area contributed by atoms with Gasteiger partial charge in [-0.3, -0.25) is 10.1 Å². The van der Waals surface area contributed by atoms with Crippen molar-refractivity contribution in [2.24, 2.45) is 0 Å². The van der Waals surface area contributed by atoms with Gasteiger partial charge in [0.25, 0.3) is 0 Å². The van der Waals surface area contributed by atoms with Crippen molar-refractivity contribution < 1.29 is 9.90 Å². The Morgan fingerprint density at radius 1 is 1.30 bits per heavy atom. The van der Waals surface area contributed by atoms with Gasteiger partial charge in [0, 0.05) is 17.3 Å². The normalized spacial score (nSPS) is 21.4. The van der Waals surface area contributed by atoms with Gasteiger partial charge in [-0.05, 0) is 35.4 Å². The molecule has 0 bridgehead atoms. The predicted octanol–water partition coefficient (Wildman–Crippen LogP) is 3.02. The van der Waals surface area contributed by atoms with Gasteiger partial charge in [-0.1, -0.05) is 30.3 Å². The van der Waals surface area contributed by atoms with Crippen LogP contribution in [0.1, 0.15) is 28.5 Å². The highest BCUT2D eigenvalue weighted by molar-refractivity contribution is 7.10. The largest absolute Gasteiger partial charge is 0.480 e. The molecule has 3 rings (SSSR count). The van der Waals surface area contributed by atoms with Gasteiger partial charge >= 0.3 is 5.97 Å². The molecule has 104 valence electrons. The number of benzene rings is 1. The van der Waals surface area contributed by atoms with Gasteiger partial charge < -0.3 is 5.11 Å². The topological polar surface area (TPSA) is 49.3 Å². The van der Waals surface area contributed by atoms with Crippen LogP contribution in [0.3, 0.4) is 0 Å². The van der Waals surface area contributed by atoms with Crippen LogP contribution in [0.25, 0.3) is 0 Å². The molecule has 1 aliphatic heterocycles. The smallest absolute Gasteiger partial charge is 0.321 e. The average Bonchev–Trinajstić information content (AvgIpc) is 2.94. The van der Waals surface area contributed by atoms with Crippen LogP contribution in [-0.4, -0.2) is 17.1 Å². The van der Waals surface area contributed by atoms with Crippen molar-refractivity contribution in [3.8, 4) is 0 Å². The van der Waals surface area contributed by atoms with E-state index in [1.807, 2.05) is 18.2 Å². The van der Waals surface area contributed by atoms with Gasteiger partial charge in [0.1, 0.15) is 6.04 Å². The molecule has 0 unspecified atom stereocenters. The first-order valence-corrected chi connectivity index (χ1v) is 7.71. The molecule has 2 N–H and O–H groups in total. The Hall–Kier alpha value is -1.65. The number of carbonyl (C=O) groups is 1. The number of fused-ring (bicyclic) bond motifs is 1. The SMILES string of the molecule is O=C(O)[C@@H]1Cc2sccc2[C@H](CCc2ccccc2)N1. The second kappa shape index (κ2) is 5.77. The number of nitrogens with one attached hydrogen (secondary N) is 1. The summed E-state index contributed by atoms with van der Waals surface area (Å²) in [7, 11) is 0. The lowest BCUT2D eigenvalue weighted by Crippen LogP contribution is -2.44. The van der Waals surface area contributed by atoms with Gasteiger partial charge in [-0.15, -0.1) is 11.3 Å². The second-order valence-corrected chi connectivity index (χ2v) is 6.14. The van der Waals surface area contributed by atoms with E-state index in [9.17, 15) is 9.90 Å². The minimum Gasteiger partial charge on any atom is -0.480 e. The fourth-order valence-electron chi connectivity index (χ4n) is 2.76. The van der Waals surface area contributed by atoms with Crippen LogP contribution in [0.15, 0.2) is 41.8 Å². The molecule has 1 aromatic carbocycles. The number of thiophene rings is 1. The molecular weight excluding hydrogens is 270 g/mol. The molecule has 3 nitrogen and oxygen atoms in total. The summed E-state index contributed by atoms with van der Waals surface area (Å²) in [6.07, 6.45) is 2.49. The summed E-state index contributed by atoms with van der Waals surface area (Å²) in [6, 6.07) is 12.1. The number of aliphatic carboxylic acids is 1. The van der Waals surface area contributed by atoms with Crippen molar-refractivity contribution in [2.75, 3.05) is 0 Å². The fourth-order valence-corrected chi connectivity index (χ4v) is 3.75. The molecular formula is C16H17NO2S. The van der Waals surface area contributed by atoms with Crippen molar-refractivity contribution in [1.29, 1.82) is 0 Å². The molecule has 0 aliphatic carbocycles. The van der Waals surface area contributed by atoms with E-state index in [2.05, 4.69) is 28.9 Å². The summed E-state index contributed by atoms with van der Waals surface area (Å²) in [5, 5.41) is 14.6. The van der Waals surface area contributed by atoms with E-state index in [0.717, 1.165) is 12.8 Å². The van der Waals surface area contributed by atoms with E-state index >= 15 is 0 Å². The number of carboxylic acids is 1. The van der Waals surface area contributed by atoms with Crippen LogP contribution in [0.5, 0.6) is 0 Å². The first-order chi connectivity index (χ1) is 9.74. The molecule has 2 aromatic rings. The van der Waals surface area contributed by atoms with Crippen LogP contribution in [0.2, 0.25) is 0 Å². The second-order valence-electron chi connectivity index (χ2n) is 5.14. The lowest BCUT2D eigenvalue weighted by Gasteiger charge is -2.29. The molecule has 1 aromatic heterocycles. The first-order valence-electron chi connectivity index (χ1n) is 6.83. The third-order valence-corrected chi connectivity index (χ3v) is 4.77. The lowest BCUT2D eigenvalue weighted by molar-refractivity contribution is -0.139. The summed E-state index contributed by atoms with van der Waals surface area (Å²) in [4.78, 5) is 12.5. The number of hydrogen-bond acceptors (Lipinski definition) is 3. The molecule has 1 aliphatic rings. The van der Waals surface area contributed by atoms with E-state index in [4.69, 9.17) is 0 Å². The Labute approximate surface area is 122 Å². The molecule has 2 heterocycles. The molecule has 20 heavy (non-hydrogen) atoms. The Morgan fingerprint density at radius 2 is 2.10 bits per heavy atom. The molecule has 0 spiro atoms. The third kappa shape index (κ3) is 2.76. The molecule has 4 heteroatoms. The highest BCUT2D eigenvalue weighted by atomic mass is 32.1. The Bertz CT molecular complexity index is 594. The van der Waals surface area contributed by atoms with Crippen LogP contribution in [-0.2, 0) is 17.6 Å². The third-order valence-electron chi connectivity index (χ3n) is 3.81. The first kappa shape index (κ1) is 13.3. The zero-order valence-corrected chi connectivity index (χ0v) is 11.9. The van der Waals surface area contributed by atoms with Crippen molar-refractivity contribution in [2.45, 2.75) is 31.3 Å². The van der Waals surface area contributed by atoms with Gasteiger partial charge in [0.15, 0.2) is 0 Å². The highest BCUT2D eigenvalue weighted by Crippen LogP contribution is 2.32. The number of aryl methyl sites for hydroxylation is 1. The average molecular weight is 287 g/mol. The Kier molecular flexibility index (Phi) is 3.85. The van der Waals surface area contributed by atoms with Crippen LogP contribution < -0.4 is 5.32 Å².